The van der Waals surface area contributed by atoms with Gasteiger partial charge in [0, 0.05) is 0 Å². The first-order valence-electron chi connectivity index (χ1n) is 5.28. The number of hydrogen-bond donors (Lipinski definition) is 0. The molecule has 0 aromatic rings. The zero-order valence-electron chi connectivity index (χ0n) is 10.0. The van der Waals surface area contributed by atoms with Gasteiger partial charge in [-0.3, -0.25) is 0 Å². The first-order valence-corrected chi connectivity index (χ1v) is 11.5. The van der Waals surface area contributed by atoms with Crippen LogP contribution in [0.2, 0.25) is 0 Å². The molecule has 0 fully saturated rings. The molecule has 0 aromatic carbocycles. The fraction of sp³-hybridized carbons (Fsp3) is 0.636. The Bertz CT molecular complexity index is 259. The summed E-state index contributed by atoms with van der Waals surface area (Å²) in [5, 5.41) is 0. The first-order chi connectivity index (χ1) is 7.24. The molecule has 1 rings (SSSR count). The molecule has 0 N–H and O–H groups in total. The van der Waals surface area contributed by atoms with Crippen LogP contribution in [0.25, 0.3) is 0 Å². The van der Waals surface area contributed by atoms with E-state index in [1.807, 2.05) is 0 Å². The van der Waals surface area contributed by atoms with Crippen LogP contribution < -0.4 is 0 Å². The van der Waals surface area contributed by atoms with E-state index in [9.17, 15) is 0 Å². The van der Waals surface area contributed by atoms with E-state index in [1.54, 1.807) is 21.3 Å². The van der Waals surface area contributed by atoms with Crippen molar-refractivity contribution in [3.63, 3.8) is 0 Å². The van der Waals surface area contributed by atoms with Gasteiger partial charge in [0.05, 0.1) is 0 Å². The normalized spacial score (nSPS) is 16.5. The molecule has 0 unspecified atom stereocenters. The first kappa shape index (κ1) is 13.3. The summed E-state index contributed by atoms with van der Waals surface area (Å²) >= 11 is -3.50. The molecule has 0 amide bonds. The summed E-state index contributed by atoms with van der Waals surface area (Å²) in [4.78, 5) is 0. The number of hydrogen-bond acceptors (Lipinski definition) is 3. The van der Waals surface area contributed by atoms with Gasteiger partial charge >= 0.3 is 98.4 Å². The average molecular weight is 379 g/mol. The van der Waals surface area contributed by atoms with Crippen molar-refractivity contribution in [1.82, 2.24) is 0 Å². The second kappa shape index (κ2) is 6.09. The predicted octanol–water partition coefficient (Wildman–Crippen LogP) is 2.84. The van der Waals surface area contributed by atoms with Gasteiger partial charge in [0.25, 0.3) is 0 Å². The van der Waals surface area contributed by atoms with Gasteiger partial charge in [0.1, 0.15) is 0 Å². The third kappa shape index (κ3) is 2.67. The standard InChI is InChI=1S/C8H11.3CH3O.Hf/c1-2-5-8-6-3-4-7-8;3*1-2;/h3,6H,2,4-5H2,1H3;3*1H3;/q;3*-1;+3. The SMILES string of the molecule is CCCC1=[C]([Hf]([O]C)([O]C)[O]C)CC=C1. The molecular weight excluding hydrogens is 359 g/mol. The Labute approximate surface area is 98.2 Å². The van der Waals surface area contributed by atoms with Gasteiger partial charge in [0.15, 0.2) is 0 Å². The summed E-state index contributed by atoms with van der Waals surface area (Å²) < 4.78 is 18.0. The molecule has 0 saturated carbocycles. The zero-order valence-corrected chi connectivity index (χ0v) is 13.6. The van der Waals surface area contributed by atoms with Crippen molar-refractivity contribution in [3.8, 4) is 0 Å². The molecule has 15 heavy (non-hydrogen) atoms. The van der Waals surface area contributed by atoms with Crippen LogP contribution in [-0.4, -0.2) is 21.3 Å². The van der Waals surface area contributed by atoms with Crippen LogP contribution in [0.3, 0.4) is 0 Å². The minimum absolute atomic E-state index is 0.937. The summed E-state index contributed by atoms with van der Waals surface area (Å²) in [5.74, 6) is 0. The minimum atomic E-state index is -3.50. The molecule has 4 heteroatoms. The topological polar surface area (TPSA) is 27.7 Å². The van der Waals surface area contributed by atoms with Gasteiger partial charge in [-0.25, -0.2) is 0 Å². The molecule has 3 nitrogen and oxygen atoms in total. The Morgan fingerprint density at radius 1 is 1.20 bits per heavy atom. The predicted molar refractivity (Wildman–Crippen MR) is 56.7 cm³/mol. The molecule has 1 aliphatic rings. The third-order valence-electron chi connectivity index (χ3n) is 2.72. The second-order valence-corrected chi connectivity index (χ2v) is 14.1. The van der Waals surface area contributed by atoms with Crippen LogP contribution in [0.4, 0.5) is 0 Å². The van der Waals surface area contributed by atoms with Crippen molar-refractivity contribution in [2.75, 3.05) is 21.3 Å². The van der Waals surface area contributed by atoms with Crippen molar-refractivity contribution in [1.29, 1.82) is 0 Å². The molecule has 0 heterocycles. The molecule has 0 aromatic heterocycles. The summed E-state index contributed by atoms with van der Waals surface area (Å²) in [6.45, 7) is 2.18. The van der Waals surface area contributed by atoms with Crippen molar-refractivity contribution in [2.24, 2.45) is 0 Å². The van der Waals surface area contributed by atoms with Crippen molar-refractivity contribution in [3.05, 3.63) is 21.1 Å². The molecule has 0 atom stereocenters. The Morgan fingerprint density at radius 3 is 2.27 bits per heavy atom. The molecular formula is C11H20HfO3. The van der Waals surface area contributed by atoms with E-state index >= 15 is 0 Å². The fourth-order valence-electron chi connectivity index (χ4n) is 2.00. The van der Waals surface area contributed by atoms with Crippen LogP contribution in [0.15, 0.2) is 21.1 Å². The summed E-state index contributed by atoms with van der Waals surface area (Å²) in [6.07, 6.45) is 7.52. The molecule has 0 radical (unpaired) electrons. The fourth-order valence-corrected chi connectivity index (χ4v) is 9.93. The monoisotopic (exact) mass is 380 g/mol. The van der Waals surface area contributed by atoms with Crippen LogP contribution in [0, 0.1) is 0 Å². The van der Waals surface area contributed by atoms with Crippen LogP contribution in [0.5, 0.6) is 0 Å². The van der Waals surface area contributed by atoms with Gasteiger partial charge < -0.3 is 0 Å². The van der Waals surface area contributed by atoms with E-state index in [0.717, 1.165) is 19.3 Å². The summed E-state index contributed by atoms with van der Waals surface area (Å²) in [6, 6.07) is 0. The van der Waals surface area contributed by atoms with Gasteiger partial charge in [-0.2, -0.15) is 0 Å². The zero-order chi connectivity index (χ0) is 11.3. The van der Waals surface area contributed by atoms with E-state index in [1.165, 1.54) is 8.90 Å². The van der Waals surface area contributed by atoms with Crippen LogP contribution in [0.1, 0.15) is 26.2 Å². The van der Waals surface area contributed by atoms with E-state index in [-0.39, 0.29) is 0 Å². The Kier molecular flexibility index (Phi) is 5.39. The molecule has 0 spiro atoms. The van der Waals surface area contributed by atoms with Crippen molar-refractivity contribution < 1.29 is 29.8 Å². The average Bonchev–Trinajstić information content (AvgIpc) is 2.71. The molecule has 1 aliphatic carbocycles. The second-order valence-electron chi connectivity index (χ2n) is 3.53. The van der Waals surface area contributed by atoms with Gasteiger partial charge in [0.2, 0.25) is 0 Å². The van der Waals surface area contributed by atoms with E-state index in [0.29, 0.717) is 0 Å². The molecule has 0 bridgehead atoms. The Morgan fingerprint density at radius 2 is 1.80 bits per heavy atom. The molecule has 86 valence electrons. The number of rotatable bonds is 6. The third-order valence-corrected chi connectivity index (χ3v) is 13.1. The number of allylic oxidation sites excluding steroid dienone is 4. The Balaban J connectivity index is 2.97. The van der Waals surface area contributed by atoms with E-state index < -0.39 is 21.3 Å². The quantitative estimate of drug-likeness (QED) is 0.665. The van der Waals surface area contributed by atoms with Crippen LogP contribution in [-0.2, 0) is 29.8 Å². The van der Waals surface area contributed by atoms with E-state index in [4.69, 9.17) is 8.56 Å². The molecule has 0 aliphatic heterocycles. The van der Waals surface area contributed by atoms with Gasteiger partial charge in [-0.15, -0.1) is 0 Å². The van der Waals surface area contributed by atoms with Crippen LogP contribution >= 0.6 is 0 Å². The maximum absolute atomic E-state index is 5.58. The molecule has 0 saturated heterocycles. The Hall–Kier alpha value is 0.230. The van der Waals surface area contributed by atoms with Crippen molar-refractivity contribution in [2.45, 2.75) is 26.2 Å². The maximum atomic E-state index is 5.58. The van der Waals surface area contributed by atoms with Gasteiger partial charge in [-0.1, -0.05) is 0 Å². The van der Waals surface area contributed by atoms with Gasteiger partial charge in [-0.05, 0) is 0 Å². The van der Waals surface area contributed by atoms with Crippen molar-refractivity contribution >= 4 is 0 Å². The summed E-state index contributed by atoms with van der Waals surface area (Å²) in [5.41, 5.74) is 1.37. The summed E-state index contributed by atoms with van der Waals surface area (Å²) in [7, 11) is 5.09. The van der Waals surface area contributed by atoms with E-state index in [2.05, 4.69) is 19.1 Å².